The molecule has 0 radical (unpaired) electrons. The first kappa shape index (κ1) is 19.6. The summed E-state index contributed by atoms with van der Waals surface area (Å²) in [5.74, 6) is 1.62. The van der Waals surface area contributed by atoms with Gasteiger partial charge in [0.15, 0.2) is 5.89 Å². The fraction of sp³-hybridized carbons (Fsp3) is 0.474. The maximum atomic E-state index is 12.8. The molecular weight excluding hydrogens is 366 g/mol. The van der Waals surface area contributed by atoms with Crippen molar-refractivity contribution < 1.29 is 17.6 Å². The van der Waals surface area contributed by atoms with E-state index in [1.165, 1.54) is 12.1 Å². The molecule has 1 aromatic carbocycles. The zero-order chi connectivity index (χ0) is 19.6. The lowest BCUT2D eigenvalue weighted by Gasteiger charge is -2.25. The van der Waals surface area contributed by atoms with E-state index in [0.29, 0.717) is 43.9 Å². The van der Waals surface area contributed by atoms with E-state index in [4.69, 9.17) is 4.42 Å². The molecule has 27 heavy (non-hydrogen) atoms. The number of oxazole rings is 1. The van der Waals surface area contributed by atoms with Crippen LogP contribution in [-0.2, 0) is 23.0 Å². The number of rotatable bonds is 6. The van der Waals surface area contributed by atoms with Crippen LogP contribution >= 0.6 is 0 Å². The Morgan fingerprint density at radius 2 is 2.00 bits per heavy atom. The minimum Gasteiger partial charge on any atom is -0.445 e. The Morgan fingerprint density at radius 1 is 1.30 bits per heavy atom. The molecule has 0 fully saturated rings. The predicted octanol–water partition coefficient (Wildman–Crippen LogP) is 2.68. The largest absolute Gasteiger partial charge is 0.445 e. The standard InChI is InChI=1S/C19H25N3O4S/c1-4-10-20-27(24,25)15-7-5-14(6-8-15)19(23)22-11-9-17-16(12-22)21-18(26-17)13(2)3/h5-8,13,20H,4,9-12H2,1-3H3. The highest BCUT2D eigenvalue weighted by atomic mass is 32.2. The normalized spacial score (nSPS) is 14.4. The number of hydrogen-bond donors (Lipinski definition) is 1. The Balaban J connectivity index is 1.73. The van der Waals surface area contributed by atoms with Gasteiger partial charge in [0.2, 0.25) is 10.0 Å². The molecular formula is C19H25N3O4S. The molecule has 1 aliphatic rings. The molecule has 0 spiro atoms. The van der Waals surface area contributed by atoms with Crippen LogP contribution in [0.2, 0.25) is 0 Å². The highest BCUT2D eigenvalue weighted by Gasteiger charge is 2.27. The summed E-state index contributed by atoms with van der Waals surface area (Å²) in [7, 11) is -3.53. The van der Waals surface area contributed by atoms with Crippen molar-refractivity contribution in [2.45, 2.75) is 51.0 Å². The molecule has 1 aliphatic heterocycles. The number of sulfonamides is 1. The van der Waals surface area contributed by atoms with Gasteiger partial charge in [0.25, 0.3) is 5.91 Å². The molecule has 0 saturated carbocycles. The topological polar surface area (TPSA) is 92.5 Å². The summed E-state index contributed by atoms with van der Waals surface area (Å²) in [6.07, 6.45) is 1.35. The Bertz CT molecular complexity index is 917. The molecule has 3 rings (SSSR count). The minimum atomic E-state index is -3.53. The van der Waals surface area contributed by atoms with Crippen molar-refractivity contribution >= 4 is 15.9 Å². The number of amides is 1. The summed E-state index contributed by atoms with van der Waals surface area (Å²) in [4.78, 5) is 19.2. The van der Waals surface area contributed by atoms with Crippen molar-refractivity contribution in [3.63, 3.8) is 0 Å². The van der Waals surface area contributed by atoms with Gasteiger partial charge in [0.05, 0.1) is 11.4 Å². The van der Waals surface area contributed by atoms with Crippen molar-refractivity contribution in [3.05, 3.63) is 47.2 Å². The van der Waals surface area contributed by atoms with Gasteiger partial charge in [-0.25, -0.2) is 18.1 Å². The molecule has 2 aromatic rings. The van der Waals surface area contributed by atoms with Crippen LogP contribution < -0.4 is 4.72 Å². The molecule has 1 amide bonds. The van der Waals surface area contributed by atoms with Crippen LogP contribution in [-0.4, -0.2) is 37.3 Å². The second kappa shape index (κ2) is 7.82. The summed E-state index contributed by atoms with van der Waals surface area (Å²) < 4.78 is 32.6. The van der Waals surface area contributed by atoms with Gasteiger partial charge in [-0.3, -0.25) is 4.79 Å². The number of nitrogens with zero attached hydrogens (tertiary/aromatic N) is 2. The van der Waals surface area contributed by atoms with Crippen molar-refractivity contribution in [3.8, 4) is 0 Å². The predicted molar refractivity (Wildman–Crippen MR) is 101 cm³/mol. The number of carbonyl (C=O) groups excluding carboxylic acids is 1. The smallest absolute Gasteiger partial charge is 0.254 e. The average Bonchev–Trinajstić information content (AvgIpc) is 3.09. The van der Waals surface area contributed by atoms with Gasteiger partial charge < -0.3 is 9.32 Å². The monoisotopic (exact) mass is 391 g/mol. The third-order valence-electron chi connectivity index (χ3n) is 4.48. The maximum absolute atomic E-state index is 12.8. The van der Waals surface area contributed by atoms with Crippen LogP contribution in [0.5, 0.6) is 0 Å². The zero-order valence-electron chi connectivity index (χ0n) is 15.9. The fourth-order valence-corrected chi connectivity index (χ4v) is 4.05. The Kier molecular flexibility index (Phi) is 5.67. The Labute approximate surface area is 159 Å². The maximum Gasteiger partial charge on any atom is 0.254 e. The van der Waals surface area contributed by atoms with E-state index < -0.39 is 10.0 Å². The van der Waals surface area contributed by atoms with Crippen molar-refractivity contribution in [1.82, 2.24) is 14.6 Å². The molecule has 146 valence electrons. The first-order chi connectivity index (χ1) is 12.8. The lowest BCUT2D eigenvalue weighted by atomic mass is 10.1. The lowest BCUT2D eigenvalue weighted by molar-refractivity contribution is 0.0727. The number of benzene rings is 1. The van der Waals surface area contributed by atoms with Gasteiger partial charge in [0, 0.05) is 31.0 Å². The Morgan fingerprint density at radius 3 is 2.63 bits per heavy atom. The van der Waals surface area contributed by atoms with Gasteiger partial charge >= 0.3 is 0 Å². The lowest BCUT2D eigenvalue weighted by Crippen LogP contribution is -2.35. The quantitative estimate of drug-likeness (QED) is 0.817. The second-order valence-electron chi connectivity index (χ2n) is 6.98. The van der Waals surface area contributed by atoms with Crippen LogP contribution in [0.15, 0.2) is 33.6 Å². The molecule has 0 aliphatic carbocycles. The van der Waals surface area contributed by atoms with E-state index in [9.17, 15) is 13.2 Å². The summed E-state index contributed by atoms with van der Waals surface area (Å²) >= 11 is 0. The van der Waals surface area contributed by atoms with Crippen LogP contribution in [0.25, 0.3) is 0 Å². The van der Waals surface area contributed by atoms with E-state index in [-0.39, 0.29) is 16.7 Å². The molecule has 0 saturated heterocycles. The molecule has 8 heteroatoms. The van der Waals surface area contributed by atoms with Crippen LogP contribution in [0.4, 0.5) is 0 Å². The first-order valence-corrected chi connectivity index (χ1v) is 10.7. The number of nitrogens with one attached hydrogen (secondary N) is 1. The number of hydrogen-bond acceptors (Lipinski definition) is 5. The summed E-state index contributed by atoms with van der Waals surface area (Å²) in [6.45, 7) is 7.28. The number of carbonyl (C=O) groups is 1. The van der Waals surface area contributed by atoms with E-state index in [1.807, 2.05) is 20.8 Å². The molecule has 0 atom stereocenters. The molecule has 0 unspecified atom stereocenters. The van der Waals surface area contributed by atoms with Gasteiger partial charge in [0.1, 0.15) is 11.5 Å². The highest BCUT2D eigenvalue weighted by molar-refractivity contribution is 7.89. The minimum absolute atomic E-state index is 0.139. The summed E-state index contributed by atoms with van der Waals surface area (Å²) in [5, 5.41) is 0. The highest BCUT2D eigenvalue weighted by Crippen LogP contribution is 2.24. The van der Waals surface area contributed by atoms with Crippen LogP contribution in [0.1, 0.15) is 60.8 Å². The van der Waals surface area contributed by atoms with Gasteiger partial charge in [-0.15, -0.1) is 0 Å². The summed E-state index contributed by atoms with van der Waals surface area (Å²) in [6, 6.07) is 6.04. The third-order valence-corrected chi connectivity index (χ3v) is 5.96. The summed E-state index contributed by atoms with van der Waals surface area (Å²) in [5.41, 5.74) is 1.27. The molecule has 1 N–H and O–H groups in total. The van der Waals surface area contributed by atoms with Crippen molar-refractivity contribution in [2.24, 2.45) is 0 Å². The molecule has 0 bridgehead atoms. The molecule has 2 heterocycles. The number of fused-ring (bicyclic) bond motifs is 1. The fourth-order valence-electron chi connectivity index (χ4n) is 2.92. The van der Waals surface area contributed by atoms with E-state index in [0.717, 1.165) is 11.5 Å². The second-order valence-corrected chi connectivity index (χ2v) is 8.74. The van der Waals surface area contributed by atoms with Gasteiger partial charge in [-0.1, -0.05) is 20.8 Å². The Hall–Kier alpha value is -2.19. The SMILES string of the molecule is CCCNS(=O)(=O)c1ccc(C(=O)N2CCc3oc(C(C)C)nc3C2)cc1. The van der Waals surface area contributed by atoms with Crippen molar-refractivity contribution in [1.29, 1.82) is 0 Å². The molecule has 1 aromatic heterocycles. The average molecular weight is 391 g/mol. The van der Waals surface area contributed by atoms with Gasteiger partial charge in [-0.05, 0) is 30.7 Å². The van der Waals surface area contributed by atoms with Crippen molar-refractivity contribution in [2.75, 3.05) is 13.1 Å². The van der Waals surface area contributed by atoms with E-state index >= 15 is 0 Å². The van der Waals surface area contributed by atoms with E-state index in [2.05, 4.69) is 9.71 Å². The first-order valence-electron chi connectivity index (χ1n) is 9.19. The van der Waals surface area contributed by atoms with Crippen LogP contribution in [0, 0.1) is 0 Å². The zero-order valence-corrected chi connectivity index (χ0v) is 16.7. The third kappa shape index (κ3) is 4.22. The molecule has 7 nitrogen and oxygen atoms in total. The van der Waals surface area contributed by atoms with Crippen LogP contribution in [0.3, 0.4) is 0 Å². The van der Waals surface area contributed by atoms with E-state index in [1.54, 1.807) is 17.0 Å². The number of aromatic nitrogens is 1. The van der Waals surface area contributed by atoms with Gasteiger partial charge in [-0.2, -0.15) is 0 Å².